The predicted molar refractivity (Wildman–Crippen MR) is 99.1 cm³/mol. The van der Waals surface area contributed by atoms with Gasteiger partial charge in [-0.1, -0.05) is 35.5 Å². The Balaban J connectivity index is 1.41. The first-order valence-corrected chi connectivity index (χ1v) is 8.95. The van der Waals surface area contributed by atoms with Crippen molar-refractivity contribution < 1.29 is 13.7 Å². The summed E-state index contributed by atoms with van der Waals surface area (Å²) in [6, 6.07) is 15.1. The molecule has 2 heterocycles. The molecule has 2 aromatic carbocycles. The fourth-order valence-corrected chi connectivity index (χ4v) is 3.06. The van der Waals surface area contributed by atoms with Crippen molar-refractivity contribution in [2.24, 2.45) is 0 Å². The molecule has 27 heavy (non-hydrogen) atoms. The second kappa shape index (κ2) is 6.39. The lowest BCUT2D eigenvalue weighted by Gasteiger charge is -2.05. The first kappa shape index (κ1) is 15.8. The Morgan fingerprint density at radius 3 is 2.81 bits per heavy atom. The van der Waals surface area contributed by atoms with Gasteiger partial charge in [-0.2, -0.15) is 0 Å². The van der Waals surface area contributed by atoms with Gasteiger partial charge in [-0.15, -0.1) is 0 Å². The number of hydrogen-bond donors (Lipinski definition) is 1. The SMILES string of the molecule is O=C(NCc1ccccc1)c1ccc2onc(-c3coc(C4CC4)n3)c2c1. The maximum Gasteiger partial charge on any atom is 0.251 e. The Hall–Kier alpha value is -3.41. The number of nitrogens with one attached hydrogen (secondary N) is 1. The molecule has 5 rings (SSSR count). The predicted octanol–water partition coefficient (Wildman–Crippen LogP) is 4.29. The Bertz CT molecular complexity index is 1110. The smallest absolute Gasteiger partial charge is 0.251 e. The van der Waals surface area contributed by atoms with Crippen molar-refractivity contribution in [2.45, 2.75) is 25.3 Å². The molecule has 0 atom stereocenters. The third kappa shape index (κ3) is 3.10. The Labute approximate surface area is 155 Å². The summed E-state index contributed by atoms with van der Waals surface area (Å²) in [7, 11) is 0. The van der Waals surface area contributed by atoms with Crippen LogP contribution in [0, 0.1) is 0 Å². The van der Waals surface area contributed by atoms with E-state index in [2.05, 4.69) is 15.5 Å². The molecular weight excluding hydrogens is 342 g/mol. The minimum absolute atomic E-state index is 0.147. The molecule has 6 heteroatoms. The number of amides is 1. The van der Waals surface area contributed by atoms with E-state index in [1.165, 1.54) is 0 Å². The molecule has 1 fully saturated rings. The quantitative estimate of drug-likeness (QED) is 0.575. The molecule has 6 nitrogen and oxygen atoms in total. The van der Waals surface area contributed by atoms with E-state index in [-0.39, 0.29) is 5.91 Å². The van der Waals surface area contributed by atoms with E-state index in [1.54, 1.807) is 24.5 Å². The van der Waals surface area contributed by atoms with E-state index >= 15 is 0 Å². The van der Waals surface area contributed by atoms with Gasteiger partial charge in [-0.05, 0) is 36.6 Å². The highest BCUT2D eigenvalue weighted by atomic mass is 16.5. The minimum atomic E-state index is -0.147. The lowest BCUT2D eigenvalue weighted by Crippen LogP contribution is -2.22. The molecule has 134 valence electrons. The number of carbonyl (C=O) groups is 1. The first-order chi connectivity index (χ1) is 13.3. The molecule has 0 spiro atoms. The minimum Gasteiger partial charge on any atom is -0.448 e. The van der Waals surface area contributed by atoms with Crippen molar-refractivity contribution in [3.63, 3.8) is 0 Å². The van der Waals surface area contributed by atoms with Gasteiger partial charge in [0.05, 0.1) is 5.39 Å². The van der Waals surface area contributed by atoms with Gasteiger partial charge in [0.1, 0.15) is 17.7 Å². The van der Waals surface area contributed by atoms with Gasteiger partial charge < -0.3 is 14.3 Å². The number of oxazole rings is 1. The van der Waals surface area contributed by atoms with Crippen molar-refractivity contribution in [3.05, 3.63) is 71.8 Å². The molecule has 1 aliphatic carbocycles. The molecule has 1 saturated carbocycles. The van der Waals surface area contributed by atoms with Crippen LogP contribution >= 0.6 is 0 Å². The number of nitrogens with zero attached hydrogens (tertiary/aromatic N) is 2. The van der Waals surface area contributed by atoms with Crippen molar-refractivity contribution in [1.29, 1.82) is 0 Å². The van der Waals surface area contributed by atoms with Gasteiger partial charge in [-0.3, -0.25) is 4.79 Å². The largest absolute Gasteiger partial charge is 0.448 e. The van der Waals surface area contributed by atoms with Gasteiger partial charge in [0.25, 0.3) is 5.91 Å². The summed E-state index contributed by atoms with van der Waals surface area (Å²) in [6.07, 6.45) is 3.84. The second-order valence-corrected chi connectivity index (χ2v) is 6.76. The molecular formula is C21H17N3O3. The van der Waals surface area contributed by atoms with Crippen molar-refractivity contribution >= 4 is 16.9 Å². The molecule has 0 saturated heterocycles. The second-order valence-electron chi connectivity index (χ2n) is 6.76. The third-order valence-electron chi connectivity index (χ3n) is 4.72. The van der Waals surface area contributed by atoms with Gasteiger partial charge in [0.15, 0.2) is 11.5 Å². The van der Waals surface area contributed by atoms with Crippen molar-refractivity contribution in [2.75, 3.05) is 0 Å². The van der Waals surface area contributed by atoms with E-state index in [1.807, 2.05) is 30.3 Å². The summed E-state index contributed by atoms with van der Waals surface area (Å²) in [5.41, 5.74) is 3.44. The molecule has 0 bridgehead atoms. The fraction of sp³-hybridized carbons (Fsp3) is 0.190. The summed E-state index contributed by atoms with van der Waals surface area (Å²) in [5.74, 6) is 1.03. The summed E-state index contributed by atoms with van der Waals surface area (Å²) in [4.78, 5) is 17.1. The van der Waals surface area contributed by atoms with E-state index < -0.39 is 0 Å². The highest BCUT2D eigenvalue weighted by Gasteiger charge is 2.29. The zero-order valence-electron chi connectivity index (χ0n) is 14.5. The summed E-state index contributed by atoms with van der Waals surface area (Å²) < 4.78 is 10.9. The molecule has 2 aromatic heterocycles. The van der Waals surface area contributed by atoms with Crippen LogP contribution in [0.15, 0.2) is 63.7 Å². The molecule has 1 amide bonds. The number of carbonyl (C=O) groups excluding carboxylic acids is 1. The molecule has 0 radical (unpaired) electrons. The number of rotatable bonds is 5. The van der Waals surface area contributed by atoms with Crippen LogP contribution in [0.4, 0.5) is 0 Å². The number of hydrogen-bond acceptors (Lipinski definition) is 5. The van der Waals surface area contributed by atoms with E-state index in [0.717, 1.165) is 29.7 Å². The van der Waals surface area contributed by atoms with Gasteiger partial charge >= 0.3 is 0 Å². The normalized spacial score (nSPS) is 13.8. The lowest BCUT2D eigenvalue weighted by atomic mass is 10.1. The highest BCUT2D eigenvalue weighted by molar-refractivity contribution is 6.00. The fourth-order valence-electron chi connectivity index (χ4n) is 3.06. The lowest BCUT2D eigenvalue weighted by molar-refractivity contribution is 0.0951. The molecule has 0 unspecified atom stereocenters. The van der Waals surface area contributed by atoms with Crippen LogP contribution in [0.3, 0.4) is 0 Å². The average molecular weight is 359 g/mol. The van der Waals surface area contributed by atoms with Crippen molar-refractivity contribution in [3.8, 4) is 11.4 Å². The van der Waals surface area contributed by atoms with Crippen LogP contribution < -0.4 is 5.32 Å². The van der Waals surface area contributed by atoms with Crippen LogP contribution in [0.25, 0.3) is 22.4 Å². The summed E-state index contributed by atoms with van der Waals surface area (Å²) in [6.45, 7) is 0.474. The zero-order chi connectivity index (χ0) is 18.2. The number of fused-ring (bicyclic) bond motifs is 1. The Morgan fingerprint density at radius 1 is 1.15 bits per heavy atom. The van der Waals surface area contributed by atoms with Crippen LogP contribution in [0.5, 0.6) is 0 Å². The topological polar surface area (TPSA) is 81.2 Å². The first-order valence-electron chi connectivity index (χ1n) is 8.95. The molecule has 1 aliphatic rings. The van der Waals surface area contributed by atoms with E-state index in [9.17, 15) is 4.79 Å². The number of benzene rings is 2. The van der Waals surface area contributed by atoms with Crippen molar-refractivity contribution in [1.82, 2.24) is 15.5 Å². The van der Waals surface area contributed by atoms with E-state index in [4.69, 9.17) is 8.94 Å². The van der Waals surface area contributed by atoms with Gasteiger partial charge in [-0.25, -0.2) is 4.98 Å². The molecule has 0 aliphatic heterocycles. The monoisotopic (exact) mass is 359 g/mol. The van der Waals surface area contributed by atoms with Gasteiger partial charge in [0, 0.05) is 18.0 Å². The summed E-state index contributed by atoms with van der Waals surface area (Å²) >= 11 is 0. The Kier molecular flexibility index (Phi) is 3.74. The standard InChI is InChI=1S/C21H17N3O3/c25-20(22-11-13-4-2-1-3-5-13)15-8-9-18-16(10-15)19(24-27-18)17-12-26-21(23-17)14-6-7-14/h1-5,8-10,12,14H,6-7,11H2,(H,22,25). The molecule has 1 N–H and O–H groups in total. The molecule has 4 aromatic rings. The maximum absolute atomic E-state index is 12.5. The maximum atomic E-state index is 12.5. The zero-order valence-corrected chi connectivity index (χ0v) is 14.5. The summed E-state index contributed by atoms with van der Waals surface area (Å²) in [5, 5.41) is 7.81. The Morgan fingerprint density at radius 2 is 2.00 bits per heavy atom. The average Bonchev–Trinajstić information content (AvgIpc) is 3.29. The van der Waals surface area contributed by atoms with E-state index in [0.29, 0.717) is 35.0 Å². The van der Waals surface area contributed by atoms with Crippen LogP contribution in [0.2, 0.25) is 0 Å². The van der Waals surface area contributed by atoms with Crippen LogP contribution in [-0.2, 0) is 6.54 Å². The van der Waals surface area contributed by atoms with Gasteiger partial charge in [0.2, 0.25) is 0 Å². The number of aromatic nitrogens is 2. The third-order valence-corrected chi connectivity index (χ3v) is 4.72. The van der Waals surface area contributed by atoms with Crippen LogP contribution in [-0.4, -0.2) is 16.0 Å². The highest BCUT2D eigenvalue weighted by Crippen LogP contribution is 2.40. The van der Waals surface area contributed by atoms with Crippen LogP contribution in [0.1, 0.15) is 40.6 Å².